The van der Waals surface area contributed by atoms with Gasteiger partial charge in [-0.25, -0.2) is 9.97 Å². The highest BCUT2D eigenvalue weighted by Crippen LogP contribution is 2.12. The van der Waals surface area contributed by atoms with Gasteiger partial charge >= 0.3 is 0 Å². The molecular formula is C17H28N4O2. The summed E-state index contributed by atoms with van der Waals surface area (Å²) in [5, 5.41) is 6.17. The van der Waals surface area contributed by atoms with E-state index in [1.165, 1.54) is 0 Å². The number of carbonyl (C=O) groups is 1. The molecule has 2 rings (SSSR count). The topological polar surface area (TPSA) is 76.1 Å². The summed E-state index contributed by atoms with van der Waals surface area (Å²) in [5.41, 5.74) is 0.966. The van der Waals surface area contributed by atoms with E-state index in [4.69, 9.17) is 4.74 Å². The third-order valence-electron chi connectivity index (χ3n) is 3.86. The van der Waals surface area contributed by atoms with Crippen LogP contribution < -0.4 is 10.6 Å². The number of hydrogen-bond acceptors (Lipinski definition) is 5. The molecular weight excluding hydrogens is 292 g/mol. The minimum Gasteiger partial charge on any atom is -0.368 e. The maximum atomic E-state index is 11.9. The van der Waals surface area contributed by atoms with Crippen LogP contribution in [0.2, 0.25) is 0 Å². The highest BCUT2D eigenvalue weighted by molar-refractivity contribution is 5.80. The lowest BCUT2D eigenvalue weighted by Gasteiger charge is -2.21. The molecule has 0 unspecified atom stereocenters. The van der Waals surface area contributed by atoms with E-state index in [-0.39, 0.29) is 12.0 Å². The normalized spacial score (nSPS) is 17.7. The molecule has 6 nitrogen and oxygen atoms in total. The molecule has 1 aliphatic rings. The van der Waals surface area contributed by atoms with Crippen LogP contribution in [-0.4, -0.2) is 41.7 Å². The zero-order chi connectivity index (χ0) is 16.5. The summed E-state index contributed by atoms with van der Waals surface area (Å²) in [6.45, 7) is 6.03. The Bertz CT molecular complexity index is 501. The van der Waals surface area contributed by atoms with Gasteiger partial charge in [0.05, 0.1) is 0 Å². The number of carbonyl (C=O) groups excluding carboxylic acids is 1. The first kappa shape index (κ1) is 17.7. The van der Waals surface area contributed by atoms with Gasteiger partial charge in [0.25, 0.3) is 0 Å². The lowest BCUT2D eigenvalue weighted by atomic mass is 10.1. The second kappa shape index (κ2) is 9.45. The standard InChI is InChI=1S/C17H28N4O2/c1-3-4-8-15-20-13(2)12-16(21-15)18-9-10-19-17(22)14-7-5-6-11-23-14/h12,14H,3-11H2,1-2H3,(H,19,22)(H,18,20,21)/t14-/m0/s1. The number of anilines is 1. The number of hydrogen-bond donors (Lipinski definition) is 2. The van der Waals surface area contributed by atoms with Gasteiger partial charge in [-0.05, 0) is 32.6 Å². The Hall–Kier alpha value is -1.69. The van der Waals surface area contributed by atoms with E-state index in [2.05, 4.69) is 27.5 Å². The number of rotatable bonds is 8. The van der Waals surface area contributed by atoms with Crippen molar-refractivity contribution in [2.24, 2.45) is 0 Å². The molecule has 1 amide bonds. The average molecular weight is 320 g/mol. The second-order valence-corrected chi connectivity index (χ2v) is 5.99. The molecule has 1 aromatic heterocycles. The van der Waals surface area contributed by atoms with Gasteiger partial charge in [0.15, 0.2) is 0 Å². The fourth-order valence-corrected chi connectivity index (χ4v) is 2.60. The van der Waals surface area contributed by atoms with Gasteiger partial charge < -0.3 is 15.4 Å². The molecule has 128 valence electrons. The Balaban J connectivity index is 1.72. The third kappa shape index (κ3) is 6.14. The lowest BCUT2D eigenvalue weighted by Crippen LogP contribution is -2.40. The second-order valence-electron chi connectivity index (χ2n) is 5.99. The van der Waals surface area contributed by atoms with Gasteiger partial charge in [-0.2, -0.15) is 0 Å². The van der Waals surface area contributed by atoms with Crippen molar-refractivity contribution >= 4 is 11.7 Å². The molecule has 0 spiro atoms. The van der Waals surface area contributed by atoms with Crippen molar-refractivity contribution in [1.29, 1.82) is 0 Å². The fraction of sp³-hybridized carbons (Fsp3) is 0.706. The van der Waals surface area contributed by atoms with Gasteiger partial charge in [-0.1, -0.05) is 13.3 Å². The monoisotopic (exact) mass is 320 g/mol. The number of nitrogens with zero attached hydrogens (tertiary/aromatic N) is 2. The predicted octanol–water partition coefficient (Wildman–Crippen LogP) is 2.22. The van der Waals surface area contributed by atoms with Crippen LogP contribution in [0.1, 0.15) is 50.5 Å². The van der Waals surface area contributed by atoms with E-state index in [0.29, 0.717) is 19.7 Å². The van der Waals surface area contributed by atoms with Crippen molar-refractivity contribution in [3.63, 3.8) is 0 Å². The lowest BCUT2D eigenvalue weighted by molar-refractivity contribution is -0.135. The molecule has 0 aromatic carbocycles. The van der Waals surface area contributed by atoms with Crippen molar-refractivity contribution in [3.05, 3.63) is 17.6 Å². The van der Waals surface area contributed by atoms with Gasteiger partial charge in [0.2, 0.25) is 5.91 Å². The Labute approximate surface area is 138 Å². The molecule has 0 radical (unpaired) electrons. The molecule has 1 saturated heterocycles. The van der Waals surface area contributed by atoms with Crippen LogP contribution in [0.25, 0.3) is 0 Å². The summed E-state index contributed by atoms with van der Waals surface area (Å²) in [6.07, 6.45) is 5.81. The average Bonchev–Trinajstić information content (AvgIpc) is 2.57. The summed E-state index contributed by atoms with van der Waals surface area (Å²) in [7, 11) is 0. The van der Waals surface area contributed by atoms with Gasteiger partial charge in [-0.15, -0.1) is 0 Å². The quantitative estimate of drug-likeness (QED) is 0.718. The number of nitrogens with one attached hydrogen (secondary N) is 2. The molecule has 2 N–H and O–H groups in total. The van der Waals surface area contributed by atoms with Gasteiger partial charge in [0.1, 0.15) is 17.7 Å². The first-order chi connectivity index (χ1) is 11.2. The highest BCUT2D eigenvalue weighted by Gasteiger charge is 2.21. The summed E-state index contributed by atoms with van der Waals surface area (Å²) in [5.74, 6) is 1.70. The molecule has 23 heavy (non-hydrogen) atoms. The Morgan fingerprint density at radius 2 is 2.22 bits per heavy atom. The minimum absolute atomic E-state index is 0.00555. The molecule has 0 aliphatic carbocycles. The van der Waals surface area contributed by atoms with Crippen LogP contribution in [0, 0.1) is 6.92 Å². The first-order valence-corrected chi connectivity index (χ1v) is 8.66. The molecule has 6 heteroatoms. The van der Waals surface area contributed by atoms with Crippen molar-refractivity contribution in [1.82, 2.24) is 15.3 Å². The van der Waals surface area contributed by atoms with Crippen LogP contribution in [0.3, 0.4) is 0 Å². The Kier molecular flexibility index (Phi) is 7.26. The number of ether oxygens (including phenoxy) is 1. The third-order valence-corrected chi connectivity index (χ3v) is 3.86. The van der Waals surface area contributed by atoms with Crippen LogP contribution in [0.4, 0.5) is 5.82 Å². The molecule has 1 atom stereocenters. The van der Waals surface area contributed by atoms with E-state index in [9.17, 15) is 4.79 Å². The predicted molar refractivity (Wildman–Crippen MR) is 90.5 cm³/mol. The van der Waals surface area contributed by atoms with Crippen LogP contribution >= 0.6 is 0 Å². The summed E-state index contributed by atoms with van der Waals surface area (Å²) >= 11 is 0. The van der Waals surface area contributed by atoms with E-state index in [0.717, 1.165) is 55.9 Å². The van der Waals surface area contributed by atoms with E-state index in [1.807, 2.05) is 13.0 Å². The van der Waals surface area contributed by atoms with E-state index < -0.39 is 0 Å². The minimum atomic E-state index is -0.273. The SMILES string of the molecule is CCCCc1nc(C)cc(NCCNC(=O)[C@@H]2CCCCO2)n1. The molecule has 2 heterocycles. The zero-order valence-corrected chi connectivity index (χ0v) is 14.2. The largest absolute Gasteiger partial charge is 0.368 e. The molecule has 1 fully saturated rings. The van der Waals surface area contributed by atoms with E-state index >= 15 is 0 Å². The van der Waals surface area contributed by atoms with E-state index in [1.54, 1.807) is 0 Å². The van der Waals surface area contributed by atoms with Crippen LogP contribution in [0.15, 0.2) is 6.07 Å². The Morgan fingerprint density at radius 3 is 2.96 bits per heavy atom. The fourth-order valence-electron chi connectivity index (χ4n) is 2.60. The van der Waals surface area contributed by atoms with Crippen LogP contribution in [-0.2, 0) is 16.0 Å². The van der Waals surface area contributed by atoms with Crippen molar-refractivity contribution < 1.29 is 9.53 Å². The highest BCUT2D eigenvalue weighted by atomic mass is 16.5. The Morgan fingerprint density at radius 1 is 1.35 bits per heavy atom. The number of amides is 1. The van der Waals surface area contributed by atoms with Crippen LogP contribution in [0.5, 0.6) is 0 Å². The van der Waals surface area contributed by atoms with Gasteiger partial charge in [0, 0.05) is 37.9 Å². The molecule has 0 saturated carbocycles. The number of unbranched alkanes of at least 4 members (excludes halogenated alkanes) is 1. The summed E-state index contributed by atoms with van der Waals surface area (Å²) < 4.78 is 5.47. The maximum Gasteiger partial charge on any atom is 0.249 e. The van der Waals surface area contributed by atoms with Crippen molar-refractivity contribution in [3.8, 4) is 0 Å². The molecule has 1 aromatic rings. The van der Waals surface area contributed by atoms with Crippen molar-refractivity contribution in [2.45, 2.75) is 58.5 Å². The number of aromatic nitrogens is 2. The molecule has 0 bridgehead atoms. The van der Waals surface area contributed by atoms with Gasteiger partial charge in [-0.3, -0.25) is 4.79 Å². The smallest absolute Gasteiger partial charge is 0.249 e. The van der Waals surface area contributed by atoms with Crippen molar-refractivity contribution in [2.75, 3.05) is 25.0 Å². The summed E-state index contributed by atoms with van der Waals surface area (Å²) in [4.78, 5) is 20.9. The zero-order valence-electron chi connectivity index (χ0n) is 14.2. The number of aryl methyl sites for hydroxylation is 2. The first-order valence-electron chi connectivity index (χ1n) is 8.66. The summed E-state index contributed by atoms with van der Waals surface area (Å²) in [6, 6.07) is 1.93. The molecule has 1 aliphatic heterocycles. The maximum absolute atomic E-state index is 11.9.